The van der Waals surface area contributed by atoms with Crippen molar-refractivity contribution in [2.75, 3.05) is 31.1 Å². The third-order valence-electron chi connectivity index (χ3n) is 4.01. The van der Waals surface area contributed by atoms with E-state index < -0.39 is 5.97 Å². The first-order chi connectivity index (χ1) is 9.43. The normalized spacial score (nSPS) is 20.2. The Morgan fingerprint density at radius 1 is 1.45 bits per heavy atom. The number of likely N-dealkylation sites (N-methyl/N-ethyl adjacent to an activating group) is 1. The maximum absolute atomic E-state index is 11.5. The standard InChI is InChI=1S/C15H23N3O2/c1-5-17-6-7-18(9-12(17)4)14-13(15(19)20)10(2)8-11(3)16-14/h8,12H,5-7,9H2,1-4H3,(H,19,20). The van der Waals surface area contributed by atoms with Crippen LogP contribution in [0.1, 0.15) is 35.5 Å². The zero-order valence-corrected chi connectivity index (χ0v) is 12.7. The lowest BCUT2D eigenvalue weighted by atomic mass is 10.1. The fourth-order valence-electron chi connectivity index (χ4n) is 2.97. The Balaban J connectivity index is 2.35. The van der Waals surface area contributed by atoms with Crippen LogP contribution in [0.5, 0.6) is 0 Å². The summed E-state index contributed by atoms with van der Waals surface area (Å²) in [5.74, 6) is -0.270. The number of nitrogens with zero attached hydrogens (tertiary/aromatic N) is 3. The van der Waals surface area contributed by atoms with Gasteiger partial charge in [0.15, 0.2) is 0 Å². The van der Waals surface area contributed by atoms with Gasteiger partial charge in [-0.05, 0) is 38.9 Å². The van der Waals surface area contributed by atoms with Crippen LogP contribution in [0.3, 0.4) is 0 Å². The van der Waals surface area contributed by atoms with Gasteiger partial charge in [-0.25, -0.2) is 9.78 Å². The molecule has 1 aromatic heterocycles. The molecule has 20 heavy (non-hydrogen) atoms. The van der Waals surface area contributed by atoms with E-state index in [1.165, 1.54) is 0 Å². The molecule has 0 bridgehead atoms. The van der Waals surface area contributed by atoms with Crippen LogP contribution < -0.4 is 4.90 Å². The number of hydrogen-bond acceptors (Lipinski definition) is 4. The van der Waals surface area contributed by atoms with E-state index in [9.17, 15) is 9.90 Å². The van der Waals surface area contributed by atoms with Crippen LogP contribution in [0, 0.1) is 13.8 Å². The molecule has 5 nitrogen and oxygen atoms in total. The third-order valence-corrected chi connectivity index (χ3v) is 4.01. The van der Waals surface area contributed by atoms with Gasteiger partial charge in [0.25, 0.3) is 0 Å². The monoisotopic (exact) mass is 277 g/mol. The van der Waals surface area contributed by atoms with Gasteiger partial charge in [-0.2, -0.15) is 0 Å². The van der Waals surface area contributed by atoms with E-state index in [1.54, 1.807) is 0 Å². The molecular weight excluding hydrogens is 254 g/mol. The molecule has 1 aliphatic rings. The number of carboxylic acids is 1. The first-order valence-electron chi connectivity index (χ1n) is 7.14. The smallest absolute Gasteiger partial charge is 0.339 e. The van der Waals surface area contributed by atoms with Crippen LogP contribution in [-0.2, 0) is 0 Å². The van der Waals surface area contributed by atoms with E-state index >= 15 is 0 Å². The van der Waals surface area contributed by atoms with Crippen LogP contribution in [0.2, 0.25) is 0 Å². The molecule has 0 saturated carbocycles. The van der Waals surface area contributed by atoms with Crippen molar-refractivity contribution in [3.05, 3.63) is 22.9 Å². The molecule has 1 saturated heterocycles. The second-order valence-corrected chi connectivity index (χ2v) is 5.51. The summed E-state index contributed by atoms with van der Waals surface area (Å²) in [6, 6.07) is 2.25. The van der Waals surface area contributed by atoms with Gasteiger partial charge < -0.3 is 10.0 Å². The van der Waals surface area contributed by atoms with Crippen molar-refractivity contribution in [2.24, 2.45) is 0 Å². The van der Waals surface area contributed by atoms with E-state index in [-0.39, 0.29) is 0 Å². The number of piperazine rings is 1. The Kier molecular flexibility index (Phi) is 4.28. The van der Waals surface area contributed by atoms with Gasteiger partial charge in [-0.3, -0.25) is 4.90 Å². The van der Waals surface area contributed by atoms with Gasteiger partial charge in [-0.1, -0.05) is 6.92 Å². The molecule has 5 heteroatoms. The number of aryl methyl sites for hydroxylation is 2. The number of aromatic nitrogens is 1. The second-order valence-electron chi connectivity index (χ2n) is 5.51. The summed E-state index contributed by atoms with van der Waals surface area (Å²) in [7, 11) is 0. The van der Waals surface area contributed by atoms with Crippen molar-refractivity contribution >= 4 is 11.8 Å². The lowest BCUT2D eigenvalue weighted by molar-refractivity contribution is 0.0696. The van der Waals surface area contributed by atoms with Crippen molar-refractivity contribution in [1.82, 2.24) is 9.88 Å². The molecule has 0 spiro atoms. The minimum absolute atomic E-state index is 0.341. The highest BCUT2D eigenvalue weighted by atomic mass is 16.4. The highest BCUT2D eigenvalue weighted by molar-refractivity contribution is 5.95. The first kappa shape index (κ1) is 14.8. The second kappa shape index (κ2) is 5.79. The fraction of sp³-hybridized carbons (Fsp3) is 0.600. The van der Waals surface area contributed by atoms with E-state index in [1.807, 2.05) is 19.9 Å². The van der Waals surface area contributed by atoms with Crippen molar-refractivity contribution in [3.8, 4) is 0 Å². The summed E-state index contributed by atoms with van der Waals surface area (Å²) in [4.78, 5) is 20.5. The maximum atomic E-state index is 11.5. The van der Waals surface area contributed by atoms with Gasteiger partial charge in [0, 0.05) is 31.4 Å². The number of carboxylic acid groups (broad SMARTS) is 1. The molecule has 2 rings (SSSR count). The molecule has 0 radical (unpaired) electrons. The van der Waals surface area contributed by atoms with Crippen LogP contribution in [-0.4, -0.2) is 53.2 Å². The lowest BCUT2D eigenvalue weighted by Crippen LogP contribution is -2.52. The van der Waals surface area contributed by atoms with Crippen LogP contribution in [0.4, 0.5) is 5.82 Å². The van der Waals surface area contributed by atoms with Crippen LogP contribution >= 0.6 is 0 Å². The number of rotatable bonds is 3. The fourth-order valence-corrected chi connectivity index (χ4v) is 2.97. The van der Waals surface area contributed by atoms with Crippen LogP contribution in [0.25, 0.3) is 0 Å². The summed E-state index contributed by atoms with van der Waals surface area (Å²) in [6.07, 6.45) is 0. The SMILES string of the molecule is CCN1CCN(c2nc(C)cc(C)c2C(=O)O)CC1C. The minimum atomic E-state index is -0.893. The highest BCUT2D eigenvalue weighted by Crippen LogP contribution is 2.25. The lowest BCUT2D eigenvalue weighted by Gasteiger charge is -2.40. The average Bonchev–Trinajstić information content (AvgIpc) is 2.37. The number of carbonyl (C=O) groups is 1. The van der Waals surface area contributed by atoms with Gasteiger partial charge in [0.1, 0.15) is 11.4 Å². The van der Waals surface area contributed by atoms with Crippen molar-refractivity contribution in [2.45, 2.75) is 33.7 Å². The minimum Gasteiger partial charge on any atom is -0.478 e. The summed E-state index contributed by atoms with van der Waals surface area (Å²) >= 11 is 0. The summed E-state index contributed by atoms with van der Waals surface area (Å²) < 4.78 is 0. The zero-order chi connectivity index (χ0) is 14.9. The molecular formula is C15H23N3O2. The average molecular weight is 277 g/mol. The Morgan fingerprint density at radius 2 is 2.15 bits per heavy atom. The van der Waals surface area contributed by atoms with E-state index in [0.717, 1.165) is 37.4 Å². The maximum Gasteiger partial charge on any atom is 0.339 e. The molecule has 1 atom stereocenters. The Labute approximate surface area is 120 Å². The Morgan fingerprint density at radius 3 is 2.70 bits per heavy atom. The Bertz CT molecular complexity index is 516. The molecule has 0 aromatic carbocycles. The Hall–Kier alpha value is -1.62. The van der Waals surface area contributed by atoms with Crippen molar-refractivity contribution < 1.29 is 9.90 Å². The molecule has 0 aliphatic carbocycles. The molecule has 1 N–H and O–H groups in total. The molecule has 0 amide bonds. The number of aromatic carboxylic acids is 1. The van der Waals surface area contributed by atoms with Gasteiger partial charge in [0.05, 0.1) is 0 Å². The molecule has 2 heterocycles. The van der Waals surface area contributed by atoms with Gasteiger partial charge in [0.2, 0.25) is 0 Å². The molecule has 1 aromatic rings. The van der Waals surface area contributed by atoms with Gasteiger partial charge >= 0.3 is 5.97 Å². The summed E-state index contributed by atoms with van der Waals surface area (Å²) in [6.45, 7) is 11.7. The molecule has 1 fully saturated rings. The number of pyridine rings is 1. The molecule has 1 unspecified atom stereocenters. The highest BCUT2D eigenvalue weighted by Gasteiger charge is 2.27. The van der Waals surface area contributed by atoms with E-state index in [2.05, 4.69) is 28.6 Å². The third kappa shape index (κ3) is 2.77. The van der Waals surface area contributed by atoms with E-state index in [0.29, 0.717) is 17.4 Å². The molecule has 110 valence electrons. The molecule has 1 aliphatic heterocycles. The largest absolute Gasteiger partial charge is 0.478 e. The quantitative estimate of drug-likeness (QED) is 0.915. The predicted octanol–water partition coefficient (Wildman–Crippen LogP) is 1.93. The topological polar surface area (TPSA) is 56.7 Å². The number of hydrogen-bond donors (Lipinski definition) is 1. The number of anilines is 1. The summed E-state index contributed by atoms with van der Waals surface area (Å²) in [5, 5.41) is 9.46. The van der Waals surface area contributed by atoms with E-state index in [4.69, 9.17) is 0 Å². The van der Waals surface area contributed by atoms with Crippen LogP contribution in [0.15, 0.2) is 6.07 Å². The summed E-state index contributed by atoms with van der Waals surface area (Å²) in [5.41, 5.74) is 1.99. The van der Waals surface area contributed by atoms with Gasteiger partial charge in [-0.15, -0.1) is 0 Å². The first-order valence-corrected chi connectivity index (χ1v) is 7.14. The predicted molar refractivity (Wildman–Crippen MR) is 79.6 cm³/mol. The zero-order valence-electron chi connectivity index (χ0n) is 12.7. The van der Waals surface area contributed by atoms with Crippen molar-refractivity contribution in [1.29, 1.82) is 0 Å². The van der Waals surface area contributed by atoms with Crippen molar-refractivity contribution in [3.63, 3.8) is 0 Å².